The van der Waals surface area contributed by atoms with Crippen molar-refractivity contribution in [3.05, 3.63) is 35.9 Å². The Morgan fingerprint density at radius 2 is 1.75 bits per heavy atom. The predicted octanol–water partition coefficient (Wildman–Crippen LogP) is 3.39. The van der Waals surface area contributed by atoms with Crippen LogP contribution in [-0.4, -0.2) is 6.54 Å². The summed E-state index contributed by atoms with van der Waals surface area (Å²) in [6.45, 7) is 0.0989. The Balaban J connectivity index is 2.24. The molecule has 1 atom stereocenters. The fourth-order valence-electron chi connectivity index (χ4n) is 2.80. The zero-order valence-electron chi connectivity index (χ0n) is 9.66. The number of alkyl halides is 1. The average Bonchev–Trinajstić information content (AvgIpc) is 2.40. The van der Waals surface area contributed by atoms with E-state index in [1.54, 1.807) is 0 Å². The van der Waals surface area contributed by atoms with Crippen LogP contribution in [0.15, 0.2) is 30.3 Å². The maximum atomic E-state index is 15.0. The summed E-state index contributed by atoms with van der Waals surface area (Å²) in [5.74, 6) is 0.105. The minimum absolute atomic E-state index is 0.0989. The van der Waals surface area contributed by atoms with Gasteiger partial charge in [0.1, 0.15) is 0 Å². The summed E-state index contributed by atoms with van der Waals surface area (Å²) >= 11 is 0. The van der Waals surface area contributed by atoms with Gasteiger partial charge in [-0.1, -0.05) is 49.6 Å². The number of halogens is 1. The third kappa shape index (κ3) is 2.12. The van der Waals surface area contributed by atoms with Crippen molar-refractivity contribution in [3.8, 4) is 0 Å². The first-order valence-electron chi connectivity index (χ1n) is 6.22. The van der Waals surface area contributed by atoms with E-state index in [9.17, 15) is 0 Å². The van der Waals surface area contributed by atoms with Crippen LogP contribution < -0.4 is 5.73 Å². The maximum Gasteiger partial charge on any atom is 0.150 e. The lowest BCUT2D eigenvalue weighted by Gasteiger charge is -2.35. The second kappa shape index (κ2) is 4.96. The molecular formula is C14H20FN. The molecule has 1 unspecified atom stereocenters. The Morgan fingerprint density at radius 3 is 2.31 bits per heavy atom. The van der Waals surface area contributed by atoms with Crippen molar-refractivity contribution >= 4 is 0 Å². The molecular weight excluding hydrogens is 201 g/mol. The van der Waals surface area contributed by atoms with Gasteiger partial charge in [0, 0.05) is 6.54 Å². The Hall–Kier alpha value is -0.890. The number of hydrogen-bond donors (Lipinski definition) is 1. The van der Waals surface area contributed by atoms with E-state index in [0.29, 0.717) is 0 Å². The van der Waals surface area contributed by atoms with Crippen molar-refractivity contribution in [1.29, 1.82) is 0 Å². The number of nitrogens with two attached hydrogens (primary N) is 1. The topological polar surface area (TPSA) is 26.0 Å². The quantitative estimate of drug-likeness (QED) is 0.831. The molecule has 0 heterocycles. The normalized spacial score (nSPS) is 21.6. The third-order valence-electron chi connectivity index (χ3n) is 3.80. The lowest BCUT2D eigenvalue weighted by molar-refractivity contribution is 0.0616. The van der Waals surface area contributed by atoms with Gasteiger partial charge in [-0.25, -0.2) is 4.39 Å². The first kappa shape index (κ1) is 11.6. The van der Waals surface area contributed by atoms with Gasteiger partial charge in [-0.15, -0.1) is 0 Å². The lowest BCUT2D eigenvalue weighted by Crippen LogP contribution is -2.39. The number of hydrogen-bond acceptors (Lipinski definition) is 1. The van der Waals surface area contributed by atoms with Crippen molar-refractivity contribution in [2.45, 2.75) is 37.8 Å². The number of benzene rings is 1. The molecule has 88 valence electrons. The van der Waals surface area contributed by atoms with Crippen molar-refractivity contribution in [2.75, 3.05) is 6.54 Å². The van der Waals surface area contributed by atoms with Crippen LogP contribution in [-0.2, 0) is 5.67 Å². The second-order valence-electron chi connectivity index (χ2n) is 4.77. The summed E-state index contributed by atoms with van der Waals surface area (Å²) in [5, 5.41) is 0. The molecule has 0 saturated heterocycles. The Labute approximate surface area is 96.9 Å². The highest BCUT2D eigenvalue weighted by Crippen LogP contribution is 2.41. The Kier molecular flexibility index (Phi) is 3.59. The fraction of sp³-hybridized carbons (Fsp3) is 0.571. The van der Waals surface area contributed by atoms with Crippen LogP contribution in [0.25, 0.3) is 0 Å². The minimum Gasteiger partial charge on any atom is -0.327 e. The molecule has 1 aliphatic carbocycles. The van der Waals surface area contributed by atoms with Gasteiger partial charge in [0.25, 0.3) is 0 Å². The molecule has 1 aliphatic rings. The van der Waals surface area contributed by atoms with Gasteiger partial charge >= 0.3 is 0 Å². The van der Waals surface area contributed by atoms with E-state index in [4.69, 9.17) is 5.73 Å². The van der Waals surface area contributed by atoms with Crippen LogP contribution in [0.4, 0.5) is 4.39 Å². The van der Waals surface area contributed by atoms with Crippen LogP contribution >= 0.6 is 0 Å². The molecule has 0 spiro atoms. The first-order valence-corrected chi connectivity index (χ1v) is 6.22. The largest absolute Gasteiger partial charge is 0.327 e. The van der Waals surface area contributed by atoms with E-state index in [2.05, 4.69) is 0 Å². The molecule has 1 aromatic rings. The summed E-state index contributed by atoms with van der Waals surface area (Å²) in [6.07, 6.45) is 5.48. The average molecular weight is 221 g/mol. The molecule has 0 amide bonds. The van der Waals surface area contributed by atoms with Gasteiger partial charge < -0.3 is 5.73 Å². The first-order chi connectivity index (χ1) is 7.77. The molecule has 1 saturated carbocycles. The van der Waals surface area contributed by atoms with Crippen LogP contribution in [0.5, 0.6) is 0 Å². The molecule has 16 heavy (non-hydrogen) atoms. The molecule has 0 bridgehead atoms. The molecule has 1 aromatic carbocycles. The lowest BCUT2D eigenvalue weighted by atomic mass is 9.74. The van der Waals surface area contributed by atoms with Gasteiger partial charge in [-0.05, 0) is 24.3 Å². The van der Waals surface area contributed by atoms with Gasteiger partial charge in [-0.3, -0.25) is 0 Å². The Morgan fingerprint density at radius 1 is 1.12 bits per heavy atom. The van der Waals surface area contributed by atoms with Crippen LogP contribution in [0, 0.1) is 5.92 Å². The fourth-order valence-corrected chi connectivity index (χ4v) is 2.80. The second-order valence-corrected chi connectivity index (χ2v) is 4.77. The van der Waals surface area contributed by atoms with Crippen molar-refractivity contribution in [2.24, 2.45) is 11.7 Å². The SMILES string of the molecule is NCC(F)(c1ccccc1)C1CCCCC1. The van der Waals surface area contributed by atoms with E-state index < -0.39 is 5.67 Å². The molecule has 2 rings (SSSR count). The molecule has 1 nitrogen and oxygen atoms in total. The van der Waals surface area contributed by atoms with Crippen molar-refractivity contribution < 1.29 is 4.39 Å². The van der Waals surface area contributed by atoms with E-state index >= 15 is 4.39 Å². The molecule has 0 radical (unpaired) electrons. The van der Waals surface area contributed by atoms with Crippen LogP contribution in [0.3, 0.4) is 0 Å². The van der Waals surface area contributed by atoms with Crippen molar-refractivity contribution in [3.63, 3.8) is 0 Å². The van der Waals surface area contributed by atoms with E-state index in [-0.39, 0.29) is 12.5 Å². The summed E-state index contributed by atoms with van der Waals surface area (Å²) < 4.78 is 15.0. The summed E-state index contributed by atoms with van der Waals surface area (Å²) in [6, 6.07) is 9.43. The summed E-state index contributed by atoms with van der Waals surface area (Å²) in [7, 11) is 0. The molecule has 0 aliphatic heterocycles. The highest BCUT2D eigenvalue weighted by atomic mass is 19.1. The van der Waals surface area contributed by atoms with Gasteiger partial charge in [0.05, 0.1) is 0 Å². The molecule has 1 fully saturated rings. The molecule has 0 aromatic heterocycles. The van der Waals surface area contributed by atoms with Gasteiger partial charge in [0.2, 0.25) is 0 Å². The van der Waals surface area contributed by atoms with Gasteiger partial charge in [0.15, 0.2) is 5.67 Å². The van der Waals surface area contributed by atoms with E-state index in [1.807, 2.05) is 30.3 Å². The zero-order valence-corrected chi connectivity index (χ0v) is 9.66. The Bertz CT molecular complexity index is 319. The smallest absolute Gasteiger partial charge is 0.150 e. The molecule has 2 heteroatoms. The van der Waals surface area contributed by atoms with Crippen LogP contribution in [0.1, 0.15) is 37.7 Å². The highest BCUT2D eigenvalue weighted by molar-refractivity contribution is 5.24. The minimum atomic E-state index is -1.32. The predicted molar refractivity (Wildman–Crippen MR) is 64.9 cm³/mol. The zero-order chi connectivity index (χ0) is 11.4. The summed E-state index contributed by atoms with van der Waals surface area (Å²) in [4.78, 5) is 0. The van der Waals surface area contributed by atoms with Crippen LogP contribution in [0.2, 0.25) is 0 Å². The molecule has 2 N–H and O–H groups in total. The summed E-state index contributed by atoms with van der Waals surface area (Å²) in [5.41, 5.74) is 5.13. The standard InChI is InChI=1S/C14H20FN/c15-14(11-16,12-7-3-1-4-8-12)13-9-5-2-6-10-13/h1,3-4,7-8,13H,2,5-6,9-11,16H2. The maximum absolute atomic E-state index is 15.0. The third-order valence-corrected chi connectivity index (χ3v) is 3.80. The monoisotopic (exact) mass is 221 g/mol. The number of rotatable bonds is 3. The van der Waals surface area contributed by atoms with E-state index in [1.165, 1.54) is 6.42 Å². The van der Waals surface area contributed by atoms with E-state index in [0.717, 1.165) is 31.2 Å². The van der Waals surface area contributed by atoms with Gasteiger partial charge in [-0.2, -0.15) is 0 Å². The highest BCUT2D eigenvalue weighted by Gasteiger charge is 2.39. The van der Waals surface area contributed by atoms with Crippen molar-refractivity contribution in [1.82, 2.24) is 0 Å².